The van der Waals surface area contributed by atoms with Crippen molar-refractivity contribution >= 4 is 28.2 Å². The highest BCUT2D eigenvalue weighted by Crippen LogP contribution is 2.28. The Kier molecular flexibility index (Phi) is 6.63. The lowest BCUT2D eigenvalue weighted by atomic mass is 10.1. The Hall–Kier alpha value is -3.18. The molecule has 1 aliphatic heterocycles. The number of carbonyl (C=O) groups excluding carboxylic acids is 1. The van der Waals surface area contributed by atoms with Crippen LogP contribution in [0, 0.1) is 5.92 Å². The predicted octanol–water partition coefficient (Wildman–Crippen LogP) is 2.13. The number of carbonyl (C=O) groups is 1. The summed E-state index contributed by atoms with van der Waals surface area (Å²) in [5.74, 6) is 1.58. The molecular formula is C20H23N7O3S. The van der Waals surface area contributed by atoms with Crippen molar-refractivity contribution in [3.05, 3.63) is 47.4 Å². The standard InChI is InChI=1S/C20H23N7O3S/c1-29-15-5-3-4-14(9-15)18(30-2)19(28)23-20-26-25-17(31-20)8-13-6-7-27(11-13)16-10-21-12-22-24-16/h3-5,9-10,12-13,18H,6-8,11H2,1-2H3,(H,23,26,28)/t13-,18-/m0/s1. The molecule has 1 fully saturated rings. The third-order valence-corrected chi connectivity index (χ3v) is 5.97. The van der Waals surface area contributed by atoms with Crippen LogP contribution in [0.3, 0.4) is 0 Å². The number of hydrogen-bond acceptors (Lipinski definition) is 10. The Morgan fingerprint density at radius 2 is 2.23 bits per heavy atom. The Morgan fingerprint density at radius 1 is 1.32 bits per heavy atom. The summed E-state index contributed by atoms with van der Waals surface area (Å²) in [5.41, 5.74) is 0.702. The molecule has 162 valence electrons. The van der Waals surface area contributed by atoms with Crippen LogP contribution in [0.5, 0.6) is 5.75 Å². The number of anilines is 2. The molecule has 1 amide bonds. The lowest BCUT2D eigenvalue weighted by Crippen LogP contribution is -2.22. The van der Waals surface area contributed by atoms with Crippen molar-refractivity contribution in [3.63, 3.8) is 0 Å². The minimum absolute atomic E-state index is 0.305. The molecule has 10 nitrogen and oxygen atoms in total. The van der Waals surface area contributed by atoms with Crippen LogP contribution in [-0.4, -0.2) is 58.6 Å². The third-order valence-electron chi connectivity index (χ3n) is 5.11. The Morgan fingerprint density at radius 3 is 3.00 bits per heavy atom. The molecule has 1 aromatic carbocycles. The first-order valence-corrected chi connectivity index (χ1v) is 10.7. The van der Waals surface area contributed by atoms with Crippen molar-refractivity contribution in [1.82, 2.24) is 25.4 Å². The molecule has 1 saturated heterocycles. The van der Waals surface area contributed by atoms with Crippen LogP contribution in [0.15, 0.2) is 36.8 Å². The molecule has 0 bridgehead atoms. The number of rotatable bonds is 8. The molecule has 1 aliphatic rings. The molecule has 0 unspecified atom stereocenters. The van der Waals surface area contributed by atoms with Crippen LogP contribution >= 0.6 is 11.3 Å². The summed E-state index contributed by atoms with van der Waals surface area (Å²) in [4.78, 5) is 18.9. The molecule has 31 heavy (non-hydrogen) atoms. The van der Waals surface area contributed by atoms with E-state index in [1.165, 1.54) is 24.8 Å². The van der Waals surface area contributed by atoms with E-state index in [4.69, 9.17) is 9.47 Å². The average molecular weight is 442 g/mol. The Bertz CT molecular complexity index is 1020. The monoisotopic (exact) mass is 441 g/mol. The van der Waals surface area contributed by atoms with Gasteiger partial charge in [-0.05, 0) is 30.0 Å². The third kappa shape index (κ3) is 5.12. The number of aromatic nitrogens is 5. The topological polar surface area (TPSA) is 115 Å². The summed E-state index contributed by atoms with van der Waals surface area (Å²) in [5, 5.41) is 20.5. The van der Waals surface area contributed by atoms with E-state index in [9.17, 15) is 4.79 Å². The minimum Gasteiger partial charge on any atom is -0.497 e. The van der Waals surface area contributed by atoms with Crippen LogP contribution in [0.2, 0.25) is 0 Å². The molecule has 0 radical (unpaired) electrons. The fraction of sp³-hybridized carbons (Fsp3) is 0.400. The van der Waals surface area contributed by atoms with Crippen LogP contribution < -0.4 is 15.0 Å². The number of nitrogens with one attached hydrogen (secondary N) is 1. The van der Waals surface area contributed by atoms with Crippen molar-refractivity contribution in [2.75, 3.05) is 37.5 Å². The number of hydrogen-bond donors (Lipinski definition) is 1. The number of ether oxygens (including phenoxy) is 2. The smallest absolute Gasteiger partial charge is 0.259 e. The summed E-state index contributed by atoms with van der Waals surface area (Å²) in [6.45, 7) is 1.77. The van der Waals surface area contributed by atoms with Crippen molar-refractivity contribution in [2.45, 2.75) is 18.9 Å². The summed E-state index contributed by atoms with van der Waals surface area (Å²) in [6.07, 6.45) is 4.20. The Labute approximate surface area is 183 Å². The van der Waals surface area contributed by atoms with E-state index in [0.29, 0.717) is 22.4 Å². The van der Waals surface area contributed by atoms with E-state index < -0.39 is 6.10 Å². The number of nitrogens with zero attached hydrogens (tertiary/aromatic N) is 6. The largest absolute Gasteiger partial charge is 0.497 e. The minimum atomic E-state index is -0.772. The second-order valence-electron chi connectivity index (χ2n) is 7.15. The normalized spacial score (nSPS) is 16.8. The van der Waals surface area contributed by atoms with Gasteiger partial charge in [0.15, 0.2) is 11.9 Å². The molecule has 4 rings (SSSR count). The first-order chi connectivity index (χ1) is 15.2. The van der Waals surface area contributed by atoms with Gasteiger partial charge in [0.1, 0.15) is 17.1 Å². The number of methoxy groups -OCH3 is 2. The SMILES string of the molecule is COc1cccc([C@H](OC)C(=O)Nc2nnc(C[C@@H]3CCN(c4cncnn4)C3)s2)c1. The van der Waals surface area contributed by atoms with Gasteiger partial charge in [0.2, 0.25) is 5.13 Å². The van der Waals surface area contributed by atoms with Crippen LogP contribution in [-0.2, 0) is 16.0 Å². The molecule has 3 aromatic rings. The van der Waals surface area contributed by atoms with Gasteiger partial charge in [0, 0.05) is 26.6 Å². The molecule has 0 spiro atoms. The zero-order valence-electron chi connectivity index (χ0n) is 17.3. The molecule has 0 aliphatic carbocycles. The van der Waals surface area contributed by atoms with E-state index in [-0.39, 0.29) is 5.91 Å². The molecular weight excluding hydrogens is 418 g/mol. The van der Waals surface area contributed by atoms with Gasteiger partial charge >= 0.3 is 0 Å². The van der Waals surface area contributed by atoms with Crippen LogP contribution in [0.25, 0.3) is 0 Å². The van der Waals surface area contributed by atoms with E-state index >= 15 is 0 Å². The van der Waals surface area contributed by atoms with Gasteiger partial charge in [-0.25, -0.2) is 4.98 Å². The zero-order chi connectivity index (χ0) is 21.6. The van der Waals surface area contributed by atoms with Gasteiger partial charge < -0.3 is 14.4 Å². The second-order valence-corrected chi connectivity index (χ2v) is 8.22. The van der Waals surface area contributed by atoms with Gasteiger partial charge in [-0.15, -0.1) is 20.4 Å². The van der Waals surface area contributed by atoms with Gasteiger partial charge in [-0.3, -0.25) is 10.1 Å². The van der Waals surface area contributed by atoms with E-state index in [2.05, 4.69) is 35.6 Å². The zero-order valence-corrected chi connectivity index (χ0v) is 18.1. The molecule has 0 saturated carbocycles. The highest BCUT2D eigenvalue weighted by molar-refractivity contribution is 7.15. The maximum Gasteiger partial charge on any atom is 0.259 e. The summed E-state index contributed by atoms with van der Waals surface area (Å²) >= 11 is 1.38. The molecule has 2 atom stereocenters. The van der Waals surface area contributed by atoms with Gasteiger partial charge in [-0.2, -0.15) is 0 Å². The van der Waals surface area contributed by atoms with Crippen molar-refractivity contribution in [2.24, 2.45) is 5.92 Å². The van der Waals surface area contributed by atoms with Crippen LogP contribution in [0.1, 0.15) is 23.1 Å². The molecule has 11 heteroatoms. The van der Waals surface area contributed by atoms with Crippen molar-refractivity contribution in [3.8, 4) is 5.75 Å². The molecule has 2 aromatic heterocycles. The number of benzene rings is 1. The van der Waals surface area contributed by atoms with E-state index in [1.807, 2.05) is 18.2 Å². The highest BCUT2D eigenvalue weighted by atomic mass is 32.1. The van der Waals surface area contributed by atoms with Crippen molar-refractivity contribution < 1.29 is 14.3 Å². The fourth-order valence-electron chi connectivity index (χ4n) is 3.60. The first-order valence-electron chi connectivity index (χ1n) is 9.84. The fourth-order valence-corrected chi connectivity index (χ4v) is 4.45. The van der Waals surface area contributed by atoms with Crippen LogP contribution in [0.4, 0.5) is 10.9 Å². The summed E-state index contributed by atoms with van der Waals surface area (Å²) < 4.78 is 10.6. The molecule has 3 heterocycles. The lowest BCUT2D eigenvalue weighted by molar-refractivity contribution is -0.126. The number of amides is 1. The quantitative estimate of drug-likeness (QED) is 0.561. The Balaban J connectivity index is 1.35. The first kappa shape index (κ1) is 21.1. The predicted molar refractivity (Wildman–Crippen MR) is 115 cm³/mol. The van der Waals surface area contributed by atoms with Crippen molar-refractivity contribution in [1.29, 1.82) is 0 Å². The lowest BCUT2D eigenvalue weighted by Gasteiger charge is -2.15. The maximum absolute atomic E-state index is 12.7. The van der Waals surface area contributed by atoms with Gasteiger partial charge in [0.05, 0.1) is 13.3 Å². The average Bonchev–Trinajstić information content (AvgIpc) is 3.45. The van der Waals surface area contributed by atoms with E-state index in [0.717, 1.165) is 36.8 Å². The van der Waals surface area contributed by atoms with Gasteiger partial charge in [0.25, 0.3) is 5.91 Å². The van der Waals surface area contributed by atoms with Gasteiger partial charge in [-0.1, -0.05) is 23.5 Å². The maximum atomic E-state index is 12.7. The molecule has 1 N–H and O–H groups in total. The second kappa shape index (κ2) is 9.75. The highest BCUT2D eigenvalue weighted by Gasteiger charge is 2.26. The summed E-state index contributed by atoms with van der Waals surface area (Å²) in [6, 6.07) is 7.23. The van der Waals surface area contributed by atoms with E-state index in [1.54, 1.807) is 19.4 Å². The summed E-state index contributed by atoms with van der Waals surface area (Å²) in [7, 11) is 3.07.